The van der Waals surface area contributed by atoms with Crippen molar-refractivity contribution in [2.45, 2.75) is 52.5 Å². The van der Waals surface area contributed by atoms with Crippen molar-refractivity contribution >= 4 is 11.6 Å². The van der Waals surface area contributed by atoms with Crippen molar-refractivity contribution < 1.29 is 4.79 Å². The molecule has 19 heavy (non-hydrogen) atoms. The van der Waals surface area contributed by atoms with Crippen LogP contribution in [0, 0.1) is 0 Å². The molecule has 2 N–H and O–H groups in total. The molecule has 0 aliphatic rings. The fourth-order valence-corrected chi connectivity index (χ4v) is 2.07. The molecule has 1 unspecified atom stereocenters. The smallest absolute Gasteiger partial charge is 0.251 e. The Kier molecular flexibility index (Phi) is 7.01. The van der Waals surface area contributed by atoms with E-state index < -0.39 is 0 Å². The van der Waals surface area contributed by atoms with Gasteiger partial charge in [0.2, 0.25) is 0 Å². The first kappa shape index (κ1) is 15.5. The van der Waals surface area contributed by atoms with Crippen molar-refractivity contribution in [2.24, 2.45) is 0 Å². The number of nitrogens with one attached hydrogen (secondary N) is 2. The van der Waals surface area contributed by atoms with Gasteiger partial charge in [-0.15, -0.1) is 0 Å². The maximum absolute atomic E-state index is 11.8. The summed E-state index contributed by atoms with van der Waals surface area (Å²) in [6, 6.07) is 8.14. The Bertz CT molecular complexity index is 390. The SMILES string of the molecule is CCCCCC(C)Nc1cccc(C(=O)NCC)c1. The molecule has 0 radical (unpaired) electrons. The minimum absolute atomic E-state index is 0.00946. The minimum Gasteiger partial charge on any atom is -0.383 e. The molecule has 0 bridgehead atoms. The zero-order valence-corrected chi connectivity index (χ0v) is 12.3. The summed E-state index contributed by atoms with van der Waals surface area (Å²) in [7, 11) is 0. The second-order valence-electron chi connectivity index (χ2n) is 4.98. The first-order valence-electron chi connectivity index (χ1n) is 7.32. The van der Waals surface area contributed by atoms with E-state index in [1.165, 1.54) is 25.7 Å². The molecule has 1 amide bonds. The third-order valence-corrected chi connectivity index (χ3v) is 3.12. The van der Waals surface area contributed by atoms with Gasteiger partial charge in [0.15, 0.2) is 0 Å². The molecule has 3 nitrogen and oxygen atoms in total. The van der Waals surface area contributed by atoms with Gasteiger partial charge in [0.25, 0.3) is 5.91 Å². The van der Waals surface area contributed by atoms with E-state index in [4.69, 9.17) is 0 Å². The van der Waals surface area contributed by atoms with Crippen LogP contribution in [0.3, 0.4) is 0 Å². The topological polar surface area (TPSA) is 41.1 Å². The van der Waals surface area contributed by atoms with Gasteiger partial charge in [0.1, 0.15) is 0 Å². The van der Waals surface area contributed by atoms with Gasteiger partial charge >= 0.3 is 0 Å². The van der Waals surface area contributed by atoms with Crippen LogP contribution in [0.1, 0.15) is 56.8 Å². The Balaban J connectivity index is 2.54. The molecule has 0 aromatic heterocycles. The van der Waals surface area contributed by atoms with E-state index in [1.807, 2.05) is 31.2 Å². The third-order valence-electron chi connectivity index (χ3n) is 3.12. The number of amides is 1. The molecule has 0 fully saturated rings. The van der Waals surface area contributed by atoms with E-state index in [-0.39, 0.29) is 5.91 Å². The van der Waals surface area contributed by atoms with Crippen LogP contribution >= 0.6 is 0 Å². The number of hydrogen-bond donors (Lipinski definition) is 2. The molecule has 0 saturated carbocycles. The number of rotatable bonds is 8. The highest BCUT2D eigenvalue weighted by atomic mass is 16.1. The van der Waals surface area contributed by atoms with Gasteiger partial charge in [-0.1, -0.05) is 32.3 Å². The van der Waals surface area contributed by atoms with Crippen LogP contribution in [0.2, 0.25) is 0 Å². The Morgan fingerprint density at radius 3 is 2.74 bits per heavy atom. The van der Waals surface area contributed by atoms with Crippen molar-refractivity contribution in [3.8, 4) is 0 Å². The summed E-state index contributed by atoms with van der Waals surface area (Å²) in [5, 5.41) is 6.28. The second kappa shape index (κ2) is 8.57. The molecule has 0 spiro atoms. The highest BCUT2D eigenvalue weighted by Gasteiger charge is 2.06. The quantitative estimate of drug-likeness (QED) is 0.699. The van der Waals surface area contributed by atoms with Crippen molar-refractivity contribution in [1.29, 1.82) is 0 Å². The fraction of sp³-hybridized carbons (Fsp3) is 0.562. The van der Waals surface area contributed by atoms with Crippen LogP contribution < -0.4 is 10.6 Å². The minimum atomic E-state index is -0.00946. The predicted molar refractivity (Wildman–Crippen MR) is 81.7 cm³/mol. The van der Waals surface area contributed by atoms with Crippen molar-refractivity contribution in [2.75, 3.05) is 11.9 Å². The van der Waals surface area contributed by atoms with Crippen LogP contribution in [0.25, 0.3) is 0 Å². The molecule has 1 rings (SSSR count). The van der Waals surface area contributed by atoms with Gasteiger partial charge in [-0.2, -0.15) is 0 Å². The Hall–Kier alpha value is -1.51. The molecule has 3 heteroatoms. The molecule has 0 heterocycles. The van der Waals surface area contributed by atoms with Gasteiger partial charge in [0, 0.05) is 23.8 Å². The van der Waals surface area contributed by atoms with Crippen molar-refractivity contribution in [1.82, 2.24) is 5.32 Å². The molecular formula is C16H26N2O. The maximum Gasteiger partial charge on any atom is 0.251 e. The van der Waals surface area contributed by atoms with Crippen molar-refractivity contribution in [3.63, 3.8) is 0 Å². The number of carbonyl (C=O) groups excluding carboxylic acids is 1. The second-order valence-corrected chi connectivity index (χ2v) is 4.98. The monoisotopic (exact) mass is 262 g/mol. The Morgan fingerprint density at radius 1 is 1.26 bits per heavy atom. The first-order chi connectivity index (χ1) is 9.17. The molecule has 0 aliphatic carbocycles. The lowest BCUT2D eigenvalue weighted by Crippen LogP contribution is -2.23. The lowest BCUT2D eigenvalue weighted by molar-refractivity contribution is 0.0956. The van der Waals surface area contributed by atoms with Crippen LogP contribution in [0.4, 0.5) is 5.69 Å². The summed E-state index contributed by atoms with van der Waals surface area (Å²) >= 11 is 0. The zero-order chi connectivity index (χ0) is 14.1. The first-order valence-corrected chi connectivity index (χ1v) is 7.32. The molecule has 106 valence electrons. The number of benzene rings is 1. The van der Waals surface area contributed by atoms with Crippen LogP contribution in [0.15, 0.2) is 24.3 Å². The van der Waals surface area contributed by atoms with Gasteiger partial charge in [-0.25, -0.2) is 0 Å². The maximum atomic E-state index is 11.8. The van der Waals surface area contributed by atoms with Crippen LogP contribution in [-0.4, -0.2) is 18.5 Å². The van der Waals surface area contributed by atoms with Gasteiger partial charge in [-0.05, 0) is 38.5 Å². The summed E-state index contributed by atoms with van der Waals surface area (Å²) in [6.07, 6.45) is 4.95. The van der Waals surface area contributed by atoms with Crippen LogP contribution in [-0.2, 0) is 0 Å². The predicted octanol–water partition coefficient (Wildman–Crippen LogP) is 3.82. The highest BCUT2D eigenvalue weighted by molar-refractivity contribution is 5.95. The molecule has 0 aliphatic heterocycles. The van der Waals surface area contributed by atoms with Crippen LogP contribution in [0.5, 0.6) is 0 Å². The van der Waals surface area contributed by atoms with E-state index in [1.54, 1.807) is 0 Å². The van der Waals surface area contributed by atoms with Gasteiger partial charge in [-0.3, -0.25) is 4.79 Å². The molecule has 0 saturated heterocycles. The lowest BCUT2D eigenvalue weighted by atomic mass is 10.1. The largest absolute Gasteiger partial charge is 0.383 e. The number of hydrogen-bond acceptors (Lipinski definition) is 2. The average Bonchev–Trinajstić information content (AvgIpc) is 2.39. The Morgan fingerprint density at radius 2 is 2.05 bits per heavy atom. The van der Waals surface area contributed by atoms with E-state index in [0.717, 1.165) is 5.69 Å². The van der Waals surface area contributed by atoms with E-state index >= 15 is 0 Å². The third kappa shape index (κ3) is 5.77. The summed E-state index contributed by atoms with van der Waals surface area (Å²) in [6.45, 7) is 6.99. The van der Waals surface area contributed by atoms with E-state index in [9.17, 15) is 4.79 Å². The van der Waals surface area contributed by atoms with E-state index in [2.05, 4.69) is 24.5 Å². The molecule has 1 atom stereocenters. The fourth-order valence-electron chi connectivity index (χ4n) is 2.07. The zero-order valence-electron chi connectivity index (χ0n) is 12.3. The highest BCUT2D eigenvalue weighted by Crippen LogP contribution is 2.14. The number of anilines is 1. The summed E-state index contributed by atoms with van der Waals surface area (Å²) in [4.78, 5) is 11.8. The molecule has 1 aromatic rings. The Labute approximate surface area is 116 Å². The van der Waals surface area contributed by atoms with Gasteiger partial charge in [0.05, 0.1) is 0 Å². The lowest BCUT2D eigenvalue weighted by Gasteiger charge is -2.15. The van der Waals surface area contributed by atoms with Crippen molar-refractivity contribution in [3.05, 3.63) is 29.8 Å². The standard InChI is InChI=1S/C16H26N2O/c1-4-6-7-9-13(3)18-15-11-8-10-14(12-15)16(19)17-5-2/h8,10-13,18H,4-7,9H2,1-3H3,(H,17,19). The summed E-state index contributed by atoms with van der Waals surface area (Å²) in [5.41, 5.74) is 1.74. The molecular weight excluding hydrogens is 236 g/mol. The average molecular weight is 262 g/mol. The number of unbranched alkanes of at least 4 members (excludes halogenated alkanes) is 2. The summed E-state index contributed by atoms with van der Waals surface area (Å²) < 4.78 is 0. The molecule has 1 aromatic carbocycles. The summed E-state index contributed by atoms with van der Waals surface area (Å²) in [5.74, 6) is -0.00946. The van der Waals surface area contributed by atoms with E-state index in [0.29, 0.717) is 18.2 Å². The normalized spacial score (nSPS) is 11.9. The van der Waals surface area contributed by atoms with Gasteiger partial charge < -0.3 is 10.6 Å². The number of carbonyl (C=O) groups is 1.